The van der Waals surface area contributed by atoms with Gasteiger partial charge in [0.1, 0.15) is 5.52 Å². The maximum Gasteiger partial charge on any atom is 0.404 e. The Morgan fingerprint density at radius 3 is 2.38 bits per heavy atom. The Hall–Kier alpha value is -3.39. The van der Waals surface area contributed by atoms with Gasteiger partial charge in [0, 0.05) is 24.6 Å². The summed E-state index contributed by atoms with van der Waals surface area (Å²) in [6, 6.07) is 13.7. The van der Waals surface area contributed by atoms with Gasteiger partial charge in [-0.2, -0.15) is 0 Å². The normalized spacial score (nSPS) is 13.3. The molecule has 2 atom stereocenters. The van der Waals surface area contributed by atoms with E-state index in [2.05, 4.69) is 10.3 Å². The SMILES string of the molecule is CC(C)CN(C[C@@H](O)[C@H](Cc1ccccc1)NC(=O)O)C(=O)c1ccc2nc(C(C)C)oc2c1. The van der Waals surface area contributed by atoms with Crippen LogP contribution in [0.25, 0.3) is 11.1 Å². The molecule has 0 saturated carbocycles. The zero-order valence-corrected chi connectivity index (χ0v) is 20.1. The maximum absolute atomic E-state index is 13.4. The van der Waals surface area contributed by atoms with Gasteiger partial charge in [-0.3, -0.25) is 4.79 Å². The lowest BCUT2D eigenvalue weighted by molar-refractivity contribution is 0.0509. The zero-order chi connectivity index (χ0) is 24.8. The van der Waals surface area contributed by atoms with Crippen LogP contribution in [0.4, 0.5) is 4.79 Å². The predicted octanol–water partition coefficient (Wildman–Crippen LogP) is 4.29. The van der Waals surface area contributed by atoms with Gasteiger partial charge < -0.3 is 24.8 Å². The summed E-state index contributed by atoms with van der Waals surface area (Å²) in [5.74, 6) is 0.628. The Kier molecular flexibility index (Phi) is 8.28. The molecule has 0 aliphatic rings. The van der Waals surface area contributed by atoms with Gasteiger partial charge in [-0.15, -0.1) is 0 Å². The van der Waals surface area contributed by atoms with Crippen LogP contribution in [0.3, 0.4) is 0 Å². The fourth-order valence-corrected chi connectivity index (χ4v) is 3.85. The molecule has 0 radical (unpaired) electrons. The molecule has 0 unspecified atom stereocenters. The van der Waals surface area contributed by atoms with Crippen molar-refractivity contribution >= 4 is 23.1 Å². The Labute approximate surface area is 199 Å². The first-order chi connectivity index (χ1) is 16.1. The number of amides is 2. The first-order valence-electron chi connectivity index (χ1n) is 11.5. The summed E-state index contributed by atoms with van der Waals surface area (Å²) in [7, 11) is 0. The van der Waals surface area contributed by atoms with Crippen molar-refractivity contribution in [3.63, 3.8) is 0 Å². The van der Waals surface area contributed by atoms with Crippen LogP contribution in [0.5, 0.6) is 0 Å². The number of carbonyl (C=O) groups is 2. The average Bonchev–Trinajstić information content (AvgIpc) is 3.21. The molecule has 3 N–H and O–H groups in total. The molecule has 0 bridgehead atoms. The van der Waals surface area contributed by atoms with Crippen LogP contribution < -0.4 is 5.32 Å². The molecule has 0 aliphatic heterocycles. The topological polar surface area (TPSA) is 116 Å². The number of oxazole rings is 1. The second kappa shape index (κ2) is 11.2. The van der Waals surface area contributed by atoms with Crippen LogP contribution in [0, 0.1) is 5.92 Å². The first-order valence-corrected chi connectivity index (χ1v) is 11.5. The van der Waals surface area contributed by atoms with E-state index in [9.17, 15) is 19.8 Å². The second-order valence-corrected chi connectivity index (χ2v) is 9.31. The van der Waals surface area contributed by atoms with Gasteiger partial charge in [-0.05, 0) is 36.1 Å². The molecule has 3 rings (SSSR count). The van der Waals surface area contributed by atoms with Crippen molar-refractivity contribution in [1.29, 1.82) is 0 Å². The molecule has 2 amide bonds. The largest absolute Gasteiger partial charge is 0.465 e. The molecule has 2 aromatic carbocycles. The molecule has 0 fully saturated rings. The molecule has 0 aliphatic carbocycles. The van der Waals surface area contributed by atoms with Crippen molar-refractivity contribution in [3.05, 3.63) is 65.5 Å². The van der Waals surface area contributed by atoms with Crippen molar-refractivity contribution in [1.82, 2.24) is 15.2 Å². The van der Waals surface area contributed by atoms with E-state index in [-0.39, 0.29) is 24.3 Å². The van der Waals surface area contributed by atoms with Crippen molar-refractivity contribution in [2.45, 2.75) is 52.2 Å². The lowest BCUT2D eigenvalue weighted by Gasteiger charge is -2.31. The Balaban J connectivity index is 1.82. The minimum absolute atomic E-state index is 0.0134. The summed E-state index contributed by atoms with van der Waals surface area (Å²) in [6.45, 7) is 8.34. The van der Waals surface area contributed by atoms with Gasteiger partial charge in [-0.25, -0.2) is 9.78 Å². The second-order valence-electron chi connectivity index (χ2n) is 9.31. The minimum Gasteiger partial charge on any atom is -0.465 e. The summed E-state index contributed by atoms with van der Waals surface area (Å²) in [6.07, 6.45) is -2.01. The first kappa shape index (κ1) is 25.2. The van der Waals surface area contributed by atoms with E-state index in [0.717, 1.165) is 5.56 Å². The van der Waals surface area contributed by atoms with Crippen molar-refractivity contribution in [2.75, 3.05) is 13.1 Å². The quantitative estimate of drug-likeness (QED) is 0.410. The maximum atomic E-state index is 13.4. The lowest BCUT2D eigenvalue weighted by Crippen LogP contribution is -2.50. The number of nitrogens with zero attached hydrogens (tertiary/aromatic N) is 2. The van der Waals surface area contributed by atoms with Crippen LogP contribution in [0.2, 0.25) is 0 Å². The van der Waals surface area contributed by atoms with Crippen molar-refractivity contribution < 1.29 is 24.2 Å². The molecule has 0 saturated heterocycles. The highest BCUT2D eigenvalue weighted by molar-refractivity contribution is 5.97. The van der Waals surface area contributed by atoms with Gasteiger partial charge in [-0.1, -0.05) is 58.0 Å². The molecule has 8 heteroatoms. The molecule has 1 heterocycles. The van der Waals surface area contributed by atoms with Crippen LogP contribution in [0.1, 0.15) is 55.4 Å². The number of aliphatic hydroxyl groups excluding tert-OH is 1. The average molecular weight is 468 g/mol. The molecule has 1 aromatic heterocycles. The summed E-state index contributed by atoms with van der Waals surface area (Å²) >= 11 is 0. The van der Waals surface area contributed by atoms with E-state index in [1.165, 1.54) is 0 Å². The smallest absolute Gasteiger partial charge is 0.404 e. The number of hydrogen-bond donors (Lipinski definition) is 3. The number of hydrogen-bond acceptors (Lipinski definition) is 5. The van der Waals surface area contributed by atoms with Crippen LogP contribution in [-0.4, -0.2) is 57.3 Å². The molecular formula is C26H33N3O5. The predicted molar refractivity (Wildman–Crippen MR) is 130 cm³/mol. The number of aromatic nitrogens is 1. The van der Waals surface area contributed by atoms with E-state index in [1.54, 1.807) is 23.1 Å². The van der Waals surface area contributed by atoms with Gasteiger partial charge in [0.15, 0.2) is 11.5 Å². The fourth-order valence-electron chi connectivity index (χ4n) is 3.85. The number of nitrogens with one attached hydrogen (secondary N) is 1. The molecule has 3 aromatic rings. The fraction of sp³-hybridized carbons (Fsp3) is 0.423. The third-order valence-electron chi connectivity index (χ3n) is 5.50. The summed E-state index contributed by atoms with van der Waals surface area (Å²) in [4.78, 5) is 30.8. The summed E-state index contributed by atoms with van der Waals surface area (Å²) in [5.41, 5.74) is 2.54. The molecular weight excluding hydrogens is 434 g/mol. The van der Waals surface area contributed by atoms with Gasteiger partial charge >= 0.3 is 6.09 Å². The molecule has 182 valence electrons. The van der Waals surface area contributed by atoms with Crippen LogP contribution in [-0.2, 0) is 6.42 Å². The van der Waals surface area contributed by atoms with Gasteiger partial charge in [0.2, 0.25) is 0 Å². The number of carbonyl (C=O) groups excluding carboxylic acids is 1. The number of carboxylic acid groups (broad SMARTS) is 1. The number of benzene rings is 2. The third-order valence-corrected chi connectivity index (χ3v) is 5.50. The minimum atomic E-state index is -1.22. The van der Waals surface area contributed by atoms with Gasteiger partial charge in [0.05, 0.1) is 12.1 Å². The van der Waals surface area contributed by atoms with E-state index in [4.69, 9.17) is 4.42 Å². The van der Waals surface area contributed by atoms with E-state index >= 15 is 0 Å². The van der Waals surface area contributed by atoms with E-state index < -0.39 is 18.2 Å². The standard InChI is InChI=1S/C26H33N3O5/c1-16(2)14-29(15-22(30)21(28-26(32)33)12-18-8-6-5-7-9-18)25(31)19-10-11-20-23(13-19)34-24(27-20)17(3)4/h5-11,13,16-17,21-22,28,30H,12,14-15H2,1-4H3,(H,32,33)/t21-,22+/m0/s1. The number of aliphatic hydroxyl groups is 1. The van der Waals surface area contributed by atoms with E-state index in [1.807, 2.05) is 58.0 Å². The Morgan fingerprint density at radius 1 is 1.06 bits per heavy atom. The monoisotopic (exact) mass is 467 g/mol. The summed E-state index contributed by atoms with van der Waals surface area (Å²) in [5, 5.41) is 22.7. The lowest BCUT2D eigenvalue weighted by atomic mass is 10.00. The van der Waals surface area contributed by atoms with Crippen molar-refractivity contribution in [3.8, 4) is 0 Å². The van der Waals surface area contributed by atoms with Crippen molar-refractivity contribution in [2.24, 2.45) is 5.92 Å². The highest BCUT2D eigenvalue weighted by Gasteiger charge is 2.27. The number of fused-ring (bicyclic) bond motifs is 1. The molecule has 34 heavy (non-hydrogen) atoms. The Morgan fingerprint density at radius 2 is 1.76 bits per heavy atom. The highest BCUT2D eigenvalue weighted by atomic mass is 16.4. The zero-order valence-electron chi connectivity index (χ0n) is 20.1. The van der Waals surface area contributed by atoms with Crippen LogP contribution in [0.15, 0.2) is 52.9 Å². The molecule has 0 spiro atoms. The molecule has 8 nitrogen and oxygen atoms in total. The third kappa shape index (κ3) is 6.57. The highest BCUT2D eigenvalue weighted by Crippen LogP contribution is 2.23. The number of rotatable bonds is 10. The Bertz CT molecular complexity index is 1110. The van der Waals surface area contributed by atoms with Gasteiger partial charge in [0.25, 0.3) is 5.91 Å². The van der Waals surface area contributed by atoms with E-state index in [0.29, 0.717) is 35.5 Å². The van der Waals surface area contributed by atoms with Crippen LogP contribution >= 0.6 is 0 Å². The summed E-state index contributed by atoms with van der Waals surface area (Å²) < 4.78 is 5.80.